The lowest BCUT2D eigenvalue weighted by molar-refractivity contribution is -0.384. The molecule has 0 fully saturated rings. The molecular weight excluding hydrogens is 256 g/mol. The number of hydrogen-bond acceptors (Lipinski definition) is 3. The summed E-state index contributed by atoms with van der Waals surface area (Å²) >= 11 is 5.64. The molecule has 1 aromatic carbocycles. The maximum atomic E-state index is 12.1. The van der Waals surface area contributed by atoms with Crippen LogP contribution in [0.5, 0.6) is 0 Å². The summed E-state index contributed by atoms with van der Waals surface area (Å²) in [5.74, 6) is 0.127. The number of hydrogen-bond donors (Lipinski definition) is 0. The fraction of sp³-hybridized carbons (Fsp3) is 0.417. The highest BCUT2D eigenvalue weighted by Gasteiger charge is 2.16. The number of non-ortho nitro benzene ring substituents is 1. The summed E-state index contributed by atoms with van der Waals surface area (Å²) < 4.78 is 0. The number of benzene rings is 1. The smallest absolute Gasteiger partial charge is 0.270 e. The molecule has 0 aromatic heterocycles. The van der Waals surface area contributed by atoms with E-state index < -0.39 is 4.92 Å². The fourth-order valence-electron chi connectivity index (χ4n) is 1.62. The topological polar surface area (TPSA) is 63.5 Å². The van der Waals surface area contributed by atoms with Gasteiger partial charge in [0.2, 0.25) is 0 Å². The van der Waals surface area contributed by atoms with Gasteiger partial charge in [-0.25, -0.2) is 0 Å². The van der Waals surface area contributed by atoms with E-state index >= 15 is 0 Å². The van der Waals surface area contributed by atoms with Gasteiger partial charge in [0.15, 0.2) is 0 Å². The van der Waals surface area contributed by atoms with E-state index in [0.29, 0.717) is 24.5 Å². The van der Waals surface area contributed by atoms with Crippen molar-refractivity contribution in [3.05, 3.63) is 39.9 Å². The summed E-state index contributed by atoms with van der Waals surface area (Å²) in [7, 11) is 0. The number of amides is 1. The number of alkyl halides is 1. The minimum absolute atomic E-state index is 0.0804. The van der Waals surface area contributed by atoms with Gasteiger partial charge in [0.25, 0.3) is 11.6 Å². The van der Waals surface area contributed by atoms with Gasteiger partial charge in [0.1, 0.15) is 0 Å². The summed E-state index contributed by atoms with van der Waals surface area (Å²) in [5.41, 5.74) is 0.242. The highest BCUT2D eigenvalue weighted by atomic mass is 35.5. The second-order valence-corrected chi connectivity index (χ2v) is 4.17. The first-order chi connectivity index (χ1) is 8.60. The quantitative estimate of drug-likeness (QED) is 0.453. The number of carbonyl (C=O) groups is 1. The lowest BCUT2D eigenvalue weighted by Gasteiger charge is -2.20. The van der Waals surface area contributed by atoms with Gasteiger partial charge in [-0.05, 0) is 12.5 Å². The third-order valence-corrected chi connectivity index (χ3v) is 2.61. The van der Waals surface area contributed by atoms with E-state index in [-0.39, 0.29) is 11.6 Å². The number of nitro groups is 1. The molecule has 5 nitrogen and oxygen atoms in total. The van der Waals surface area contributed by atoms with E-state index in [2.05, 4.69) is 0 Å². The van der Waals surface area contributed by atoms with Gasteiger partial charge in [0, 0.05) is 36.7 Å². The average Bonchev–Trinajstić information content (AvgIpc) is 2.38. The second-order valence-electron chi connectivity index (χ2n) is 3.79. The Hall–Kier alpha value is -1.62. The molecular formula is C12H15ClN2O3. The lowest BCUT2D eigenvalue weighted by Crippen LogP contribution is -2.33. The van der Waals surface area contributed by atoms with E-state index in [4.69, 9.17) is 11.6 Å². The minimum Gasteiger partial charge on any atom is -0.337 e. The van der Waals surface area contributed by atoms with Crippen molar-refractivity contribution in [1.82, 2.24) is 4.90 Å². The highest BCUT2D eigenvalue weighted by Crippen LogP contribution is 2.15. The first-order valence-electron chi connectivity index (χ1n) is 5.69. The molecule has 1 aromatic rings. The van der Waals surface area contributed by atoms with Gasteiger partial charge in [0.05, 0.1) is 4.92 Å². The summed E-state index contributed by atoms with van der Waals surface area (Å²) in [5, 5.41) is 10.7. The number of carbonyl (C=O) groups excluding carboxylic acids is 1. The monoisotopic (exact) mass is 270 g/mol. The third kappa shape index (κ3) is 3.70. The maximum Gasteiger partial charge on any atom is 0.270 e. The van der Waals surface area contributed by atoms with Crippen molar-refractivity contribution in [2.24, 2.45) is 0 Å². The Morgan fingerprint density at radius 3 is 2.72 bits per heavy atom. The van der Waals surface area contributed by atoms with Crippen molar-refractivity contribution in [3.8, 4) is 0 Å². The molecule has 6 heteroatoms. The van der Waals surface area contributed by atoms with Crippen molar-refractivity contribution in [2.45, 2.75) is 13.3 Å². The molecule has 1 amide bonds. The van der Waals surface area contributed by atoms with E-state index in [9.17, 15) is 14.9 Å². The Labute approximate surface area is 110 Å². The Kier molecular flexibility index (Phi) is 5.58. The SMILES string of the molecule is CCCN(CCCl)C(=O)c1cccc([N+](=O)[O-])c1. The van der Waals surface area contributed by atoms with Crippen molar-refractivity contribution in [1.29, 1.82) is 0 Å². The predicted octanol–water partition coefficient (Wildman–Crippen LogP) is 2.69. The molecule has 0 atom stereocenters. The van der Waals surface area contributed by atoms with Gasteiger partial charge in [-0.2, -0.15) is 0 Å². The van der Waals surface area contributed by atoms with Crippen LogP contribution in [-0.4, -0.2) is 34.7 Å². The van der Waals surface area contributed by atoms with Crippen molar-refractivity contribution in [2.75, 3.05) is 19.0 Å². The van der Waals surface area contributed by atoms with Crippen LogP contribution in [0.1, 0.15) is 23.7 Å². The Balaban J connectivity index is 2.93. The van der Waals surface area contributed by atoms with Gasteiger partial charge in [-0.1, -0.05) is 13.0 Å². The fourth-order valence-corrected chi connectivity index (χ4v) is 1.83. The van der Waals surface area contributed by atoms with Crippen LogP contribution in [0.2, 0.25) is 0 Å². The molecule has 98 valence electrons. The van der Waals surface area contributed by atoms with E-state index in [1.54, 1.807) is 11.0 Å². The van der Waals surface area contributed by atoms with E-state index in [1.807, 2.05) is 6.92 Å². The highest BCUT2D eigenvalue weighted by molar-refractivity contribution is 6.18. The summed E-state index contributed by atoms with van der Waals surface area (Å²) in [6, 6.07) is 5.74. The molecule has 18 heavy (non-hydrogen) atoms. The van der Waals surface area contributed by atoms with Gasteiger partial charge >= 0.3 is 0 Å². The van der Waals surface area contributed by atoms with Crippen LogP contribution in [0, 0.1) is 10.1 Å². The van der Waals surface area contributed by atoms with Crippen LogP contribution in [0.15, 0.2) is 24.3 Å². The van der Waals surface area contributed by atoms with Crippen LogP contribution in [0.25, 0.3) is 0 Å². The standard InChI is InChI=1S/C12H15ClN2O3/c1-2-7-14(8-6-13)12(16)10-4-3-5-11(9-10)15(17)18/h3-5,9H,2,6-8H2,1H3. The minimum atomic E-state index is -0.511. The van der Waals surface area contributed by atoms with Crippen LogP contribution in [0.3, 0.4) is 0 Å². The zero-order chi connectivity index (χ0) is 13.5. The van der Waals surface area contributed by atoms with Crippen molar-refractivity contribution in [3.63, 3.8) is 0 Å². The lowest BCUT2D eigenvalue weighted by atomic mass is 10.1. The zero-order valence-electron chi connectivity index (χ0n) is 10.1. The molecule has 1 rings (SSSR count). The summed E-state index contributed by atoms with van der Waals surface area (Å²) in [4.78, 5) is 23.9. The second kappa shape index (κ2) is 6.96. The molecule has 0 aliphatic rings. The predicted molar refractivity (Wildman–Crippen MR) is 70.0 cm³/mol. The van der Waals surface area contributed by atoms with Crippen molar-refractivity contribution < 1.29 is 9.72 Å². The molecule has 0 aliphatic heterocycles. The van der Waals surface area contributed by atoms with Crippen LogP contribution in [-0.2, 0) is 0 Å². The first-order valence-corrected chi connectivity index (χ1v) is 6.23. The van der Waals surface area contributed by atoms with E-state index in [0.717, 1.165) is 6.42 Å². The normalized spacial score (nSPS) is 10.1. The zero-order valence-corrected chi connectivity index (χ0v) is 10.9. The Morgan fingerprint density at radius 1 is 1.44 bits per heavy atom. The molecule has 0 spiro atoms. The van der Waals surface area contributed by atoms with Crippen molar-refractivity contribution >= 4 is 23.2 Å². The molecule has 0 bridgehead atoms. The largest absolute Gasteiger partial charge is 0.337 e. The average molecular weight is 271 g/mol. The number of rotatable bonds is 6. The molecule has 0 saturated heterocycles. The molecule has 0 unspecified atom stereocenters. The van der Waals surface area contributed by atoms with E-state index in [1.165, 1.54) is 18.2 Å². The summed E-state index contributed by atoms with van der Waals surface area (Å²) in [6.07, 6.45) is 0.817. The molecule has 0 radical (unpaired) electrons. The number of halogens is 1. The van der Waals surface area contributed by atoms with Crippen LogP contribution < -0.4 is 0 Å². The molecule has 0 heterocycles. The van der Waals surface area contributed by atoms with Crippen LogP contribution in [0.4, 0.5) is 5.69 Å². The Morgan fingerprint density at radius 2 is 2.17 bits per heavy atom. The maximum absolute atomic E-state index is 12.1. The summed E-state index contributed by atoms with van der Waals surface area (Å²) in [6.45, 7) is 2.99. The van der Waals surface area contributed by atoms with Crippen LogP contribution >= 0.6 is 11.6 Å². The third-order valence-electron chi connectivity index (χ3n) is 2.44. The molecule has 0 N–H and O–H groups in total. The Bertz CT molecular complexity index is 431. The first kappa shape index (κ1) is 14.4. The number of nitro benzene ring substituents is 1. The van der Waals surface area contributed by atoms with Gasteiger partial charge < -0.3 is 4.90 Å². The number of nitrogens with zero attached hydrogens (tertiary/aromatic N) is 2. The molecule has 0 aliphatic carbocycles. The van der Waals surface area contributed by atoms with Gasteiger partial charge in [-0.15, -0.1) is 11.6 Å². The van der Waals surface area contributed by atoms with Gasteiger partial charge in [-0.3, -0.25) is 14.9 Å². The molecule has 0 saturated carbocycles.